The molecule has 1 unspecified atom stereocenters. The molecule has 2 aromatic rings. The van der Waals surface area contributed by atoms with Crippen LogP contribution in [0.2, 0.25) is 0 Å². The Morgan fingerprint density at radius 1 is 0.947 bits per heavy atom. The summed E-state index contributed by atoms with van der Waals surface area (Å²) in [5, 5.41) is 1.43. The Kier molecular flexibility index (Phi) is 5.91. The molecule has 1 atom stereocenters. The average Bonchev–Trinajstić information content (AvgIpc) is 2.86. The van der Waals surface area contributed by atoms with Gasteiger partial charge in [-0.05, 0) is 36.3 Å². The van der Waals surface area contributed by atoms with Gasteiger partial charge in [0.05, 0.1) is 0 Å². The smallest absolute Gasteiger partial charge is 0.0345 e. The topological polar surface area (TPSA) is 0 Å². The molecule has 0 aliphatic carbocycles. The molecule has 0 amide bonds. The van der Waals surface area contributed by atoms with E-state index in [4.69, 9.17) is 0 Å². The normalized spacial score (nSPS) is 12.9. The SMILES string of the molecule is CCCCCCC(CCC)c1cc2ccccc2s1. The van der Waals surface area contributed by atoms with E-state index in [0.29, 0.717) is 0 Å². The number of hydrogen-bond donors (Lipinski definition) is 0. The second kappa shape index (κ2) is 7.69. The van der Waals surface area contributed by atoms with Gasteiger partial charge in [0, 0.05) is 9.58 Å². The van der Waals surface area contributed by atoms with Crippen LogP contribution in [0.4, 0.5) is 0 Å². The van der Waals surface area contributed by atoms with Gasteiger partial charge in [-0.25, -0.2) is 0 Å². The molecule has 1 heterocycles. The van der Waals surface area contributed by atoms with Crippen LogP contribution < -0.4 is 0 Å². The zero-order valence-electron chi connectivity index (χ0n) is 12.3. The molecule has 104 valence electrons. The van der Waals surface area contributed by atoms with Gasteiger partial charge in [-0.1, -0.05) is 64.2 Å². The third-order valence-corrected chi connectivity index (χ3v) is 5.17. The number of hydrogen-bond acceptors (Lipinski definition) is 1. The summed E-state index contributed by atoms with van der Waals surface area (Å²) in [6.07, 6.45) is 9.55. The van der Waals surface area contributed by atoms with Crippen LogP contribution in [-0.2, 0) is 0 Å². The van der Waals surface area contributed by atoms with E-state index in [1.165, 1.54) is 55.0 Å². The largest absolute Gasteiger partial charge is 0.140 e. The average molecular weight is 274 g/mol. The molecule has 0 saturated heterocycles. The van der Waals surface area contributed by atoms with Crippen molar-refractivity contribution < 1.29 is 0 Å². The Hall–Kier alpha value is -0.820. The van der Waals surface area contributed by atoms with Gasteiger partial charge < -0.3 is 0 Å². The van der Waals surface area contributed by atoms with Crippen LogP contribution in [0, 0.1) is 0 Å². The summed E-state index contributed by atoms with van der Waals surface area (Å²) in [5.74, 6) is 0.791. The summed E-state index contributed by atoms with van der Waals surface area (Å²) in [7, 11) is 0. The minimum atomic E-state index is 0.791. The first-order valence-corrected chi connectivity index (χ1v) is 8.65. The van der Waals surface area contributed by atoms with Crippen LogP contribution in [0.5, 0.6) is 0 Å². The summed E-state index contributed by atoms with van der Waals surface area (Å²) < 4.78 is 1.45. The van der Waals surface area contributed by atoms with Crippen LogP contribution in [0.15, 0.2) is 30.3 Å². The number of thiophene rings is 1. The molecule has 0 radical (unpaired) electrons. The maximum Gasteiger partial charge on any atom is 0.0345 e. The molecule has 0 aliphatic heterocycles. The first-order valence-electron chi connectivity index (χ1n) is 7.83. The second-order valence-electron chi connectivity index (χ2n) is 5.52. The van der Waals surface area contributed by atoms with Crippen molar-refractivity contribution in [1.82, 2.24) is 0 Å². The molecule has 0 spiro atoms. The van der Waals surface area contributed by atoms with Crippen molar-refractivity contribution in [1.29, 1.82) is 0 Å². The van der Waals surface area contributed by atoms with Gasteiger partial charge in [0.1, 0.15) is 0 Å². The first-order chi connectivity index (χ1) is 9.35. The molecule has 1 aromatic heterocycles. The van der Waals surface area contributed by atoms with E-state index in [1.54, 1.807) is 4.88 Å². The molecule has 0 N–H and O–H groups in total. The molecule has 0 nitrogen and oxygen atoms in total. The number of unbranched alkanes of at least 4 members (excludes halogenated alkanes) is 3. The molecular weight excluding hydrogens is 248 g/mol. The van der Waals surface area contributed by atoms with Crippen molar-refractivity contribution in [2.75, 3.05) is 0 Å². The van der Waals surface area contributed by atoms with E-state index in [0.717, 1.165) is 5.92 Å². The minimum Gasteiger partial charge on any atom is -0.140 e. The van der Waals surface area contributed by atoms with Crippen LogP contribution >= 0.6 is 11.3 Å². The third kappa shape index (κ3) is 4.07. The van der Waals surface area contributed by atoms with Gasteiger partial charge in [0.2, 0.25) is 0 Å². The van der Waals surface area contributed by atoms with Crippen molar-refractivity contribution in [3.8, 4) is 0 Å². The van der Waals surface area contributed by atoms with Crippen molar-refractivity contribution >= 4 is 21.4 Å². The highest BCUT2D eigenvalue weighted by molar-refractivity contribution is 7.19. The zero-order valence-corrected chi connectivity index (χ0v) is 13.1. The van der Waals surface area contributed by atoms with E-state index < -0.39 is 0 Å². The molecule has 19 heavy (non-hydrogen) atoms. The summed E-state index contributed by atoms with van der Waals surface area (Å²) in [4.78, 5) is 1.61. The lowest BCUT2D eigenvalue weighted by molar-refractivity contribution is 0.527. The van der Waals surface area contributed by atoms with E-state index in [9.17, 15) is 0 Å². The summed E-state index contributed by atoms with van der Waals surface area (Å²) in [6.45, 7) is 4.60. The van der Waals surface area contributed by atoms with E-state index in [1.807, 2.05) is 11.3 Å². The molecule has 1 aromatic carbocycles. The predicted molar refractivity (Wildman–Crippen MR) is 88.2 cm³/mol. The van der Waals surface area contributed by atoms with Crippen molar-refractivity contribution in [2.24, 2.45) is 0 Å². The Morgan fingerprint density at radius 2 is 1.79 bits per heavy atom. The predicted octanol–water partition coefficient (Wildman–Crippen LogP) is 6.76. The van der Waals surface area contributed by atoms with Gasteiger partial charge in [-0.2, -0.15) is 0 Å². The Morgan fingerprint density at radius 3 is 2.53 bits per heavy atom. The van der Waals surface area contributed by atoms with Crippen molar-refractivity contribution in [2.45, 2.75) is 64.7 Å². The summed E-state index contributed by atoms with van der Waals surface area (Å²) >= 11 is 2.01. The standard InChI is InChI=1S/C18H26S/c1-3-5-6-7-11-15(10-4-2)18-14-16-12-8-9-13-17(16)19-18/h8-9,12-15H,3-7,10-11H2,1-2H3. The Balaban J connectivity index is 2.04. The zero-order chi connectivity index (χ0) is 13.5. The number of fused-ring (bicyclic) bond motifs is 1. The van der Waals surface area contributed by atoms with Gasteiger partial charge in [-0.3, -0.25) is 0 Å². The van der Waals surface area contributed by atoms with E-state index in [-0.39, 0.29) is 0 Å². The van der Waals surface area contributed by atoms with E-state index in [2.05, 4.69) is 44.2 Å². The summed E-state index contributed by atoms with van der Waals surface area (Å²) in [6, 6.07) is 11.2. The summed E-state index contributed by atoms with van der Waals surface area (Å²) in [5.41, 5.74) is 0. The quantitative estimate of drug-likeness (QED) is 0.467. The van der Waals surface area contributed by atoms with Crippen molar-refractivity contribution in [3.63, 3.8) is 0 Å². The lowest BCUT2D eigenvalue weighted by Gasteiger charge is -2.14. The number of benzene rings is 1. The van der Waals surface area contributed by atoms with Crippen LogP contribution in [0.25, 0.3) is 10.1 Å². The molecular formula is C18H26S. The second-order valence-corrected chi connectivity index (χ2v) is 6.64. The lowest BCUT2D eigenvalue weighted by Crippen LogP contribution is -1.96. The highest BCUT2D eigenvalue weighted by atomic mass is 32.1. The monoisotopic (exact) mass is 274 g/mol. The van der Waals surface area contributed by atoms with Crippen LogP contribution in [0.1, 0.15) is 69.6 Å². The fraction of sp³-hybridized carbons (Fsp3) is 0.556. The highest BCUT2D eigenvalue weighted by Gasteiger charge is 2.13. The fourth-order valence-corrected chi connectivity index (χ4v) is 4.03. The van der Waals surface area contributed by atoms with Crippen LogP contribution in [0.3, 0.4) is 0 Å². The third-order valence-electron chi connectivity index (χ3n) is 3.89. The van der Waals surface area contributed by atoms with Gasteiger partial charge in [-0.15, -0.1) is 11.3 Å². The minimum absolute atomic E-state index is 0.791. The van der Waals surface area contributed by atoms with Crippen molar-refractivity contribution in [3.05, 3.63) is 35.2 Å². The molecule has 0 aliphatic rings. The molecule has 0 bridgehead atoms. The van der Waals surface area contributed by atoms with Crippen LogP contribution in [-0.4, -0.2) is 0 Å². The maximum atomic E-state index is 2.43. The molecule has 1 heteroatoms. The molecule has 2 rings (SSSR count). The van der Waals surface area contributed by atoms with E-state index >= 15 is 0 Å². The maximum absolute atomic E-state index is 2.43. The molecule has 0 fully saturated rings. The van der Waals surface area contributed by atoms with Gasteiger partial charge in [0.25, 0.3) is 0 Å². The fourth-order valence-electron chi connectivity index (χ4n) is 2.80. The lowest BCUT2D eigenvalue weighted by atomic mass is 9.94. The number of rotatable bonds is 8. The molecule has 0 saturated carbocycles. The van der Waals surface area contributed by atoms with Gasteiger partial charge in [0.15, 0.2) is 0 Å². The Labute approximate surface area is 121 Å². The first kappa shape index (κ1) is 14.6. The van der Waals surface area contributed by atoms with Gasteiger partial charge >= 0.3 is 0 Å². The highest BCUT2D eigenvalue weighted by Crippen LogP contribution is 2.36. The Bertz CT molecular complexity index is 450.